The van der Waals surface area contributed by atoms with Crippen LogP contribution in [-0.2, 0) is 4.74 Å². The summed E-state index contributed by atoms with van der Waals surface area (Å²) < 4.78 is 15.2. The van der Waals surface area contributed by atoms with Crippen molar-refractivity contribution < 1.29 is 14.3 Å². The number of ether oxygens (including phenoxy) is 2. The van der Waals surface area contributed by atoms with Crippen LogP contribution in [0.1, 0.15) is 42.4 Å². The van der Waals surface area contributed by atoms with E-state index in [1.165, 1.54) is 0 Å². The molecule has 0 aliphatic heterocycles. The minimum absolute atomic E-state index is 0.283. The highest BCUT2D eigenvalue weighted by atomic mass is 35.5. The average molecular weight is 410 g/mol. The monoisotopic (exact) mass is 409 g/mol. The Morgan fingerprint density at radius 1 is 1.41 bits per heavy atom. The van der Waals surface area contributed by atoms with Crippen LogP contribution in [0.4, 0.5) is 5.69 Å². The van der Waals surface area contributed by atoms with E-state index in [-0.39, 0.29) is 6.61 Å². The fourth-order valence-electron chi connectivity index (χ4n) is 2.10. The highest BCUT2D eigenvalue weighted by molar-refractivity contribution is 7.08. The highest BCUT2D eigenvalue weighted by Crippen LogP contribution is 2.38. The molecular formula is C19H24ClN3O3S. The first-order chi connectivity index (χ1) is 12.7. The van der Waals surface area contributed by atoms with Gasteiger partial charge in [-0.3, -0.25) is 0 Å². The van der Waals surface area contributed by atoms with Crippen LogP contribution in [0.3, 0.4) is 0 Å². The second-order valence-electron chi connectivity index (χ2n) is 6.33. The first-order valence-electron chi connectivity index (χ1n) is 8.62. The Hall–Kier alpha value is -2.12. The van der Waals surface area contributed by atoms with E-state index in [4.69, 9.17) is 21.1 Å². The molecule has 0 aliphatic rings. The largest absolute Gasteiger partial charge is 0.462 e. The van der Waals surface area contributed by atoms with Gasteiger partial charge in [0.1, 0.15) is 11.3 Å². The number of halogens is 1. The van der Waals surface area contributed by atoms with Crippen molar-refractivity contribution in [2.75, 3.05) is 13.7 Å². The first-order valence-corrected chi connectivity index (χ1v) is 9.77. The molecule has 0 bridgehead atoms. The van der Waals surface area contributed by atoms with E-state index in [1.807, 2.05) is 18.9 Å². The van der Waals surface area contributed by atoms with Gasteiger partial charge in [-0.2, -0.15) is 4.37 Å². The number of nitrogens with zero attached hydrogens (tertiary/aromatic N) is 3. The van der Waals surface area contributed by atoms with Gasteiger partial charge in [0.05, 0.1) is 29.3 Å². The molecular weight excluding hydrogens is 386 g/mol. The molecule has 27 heavy (non-hydrogen) atoms. The third kappa shape index (κ3) is 5.20. The molecule has 0 amide bonds. The smallest absolute Gasteiger partial charge is 0.344 e. The molecule has 0 spiro atoms. The van der Waals surface area contributed by atoms with Crippen LogP contribution in [0.2, 0.25) is 5.02 Å². The summed E-state index contributed by atoms with van der Waals surface area (Å²) in [7, 11) is 1.96. The molecule has 8 heteroatoms. The Bertz CT molecular complexity index is 849. The van der Waals surface area contributed by atoms with E-state index < -0.39 is 5.97 Å². The molecule has 1 aromatic carbocycles. The predicted octanol–water partition coefficient (Wildman–Crippen LogP) is 5.38. The normalized spacial score (nSPS) is 11.3. The lowest BCUT2D eigenvalue weighted by atomic mass is 10.2. The summed E-state index contributed by atoms with van der Waals surface area (Å²) in [6.45, 7) is 9.87. The molecule has 0 unspecified atom stereocenters. The van der Waals surface area contributed by atoms with Crippen molar-refractivity contribution in [3.63, 3.8) is 0 Å². The lowest BCUT2D eigenvalue weighted by molar-refractivity contribution is 0.0523. The van der Waals surface area contributed by atoms with Gasteiger partial charge < -0.3 is 14.4 Å². The molecule has 146 valence electrons. The van der Waals surface area contributed by atoms with Crippen molar-refractivity contribution >= 4 is 41.1 Å². The van der Waals surface area contributed by atoms with Gasteiger partial charge in [0.15, 0.2) is 0 Å². The molecule has 1 aromatic heterocycles. The van der Waals surface area contributed by atoms with E-state index in [9.17, 15) is 4.79 Å². The summed E-state index contributed by atoms with van der Waals surface area (Å²) in [5.74, 6) is -0.0101. The second-order valence-corrected chi connectivity index (χ2v) is 7.47. The van der Waals surface area contributed by atoms with E-state index in [0.717, 1.165) is 22.8 Å². The third-order valence-electron chi connectivity index (χ3n) is 3.96. The number of carbonyl (C=O) groups is 1. The number of carbonyl (C=O) groups excluding carboxylic acids is 1. The van der Waals surface area contributed by atoms with Gasteiger partial charge in [-0.15, -0.1) is 0 Å². The molecule has 0 fully saturated rings. The van der Waals surface area contributed by atoms with Crippen molar-refractivity contribution in [2.24, 2.45) is 4.99 Å². The summed E-state index contributed by atoms with van der Waals surface area (Å²) in [6.07, 6.45) is 1.77. The summed E-state index contributed by atoms with van der Waals surface area (Å²) in [5.41, 5.74) is 2.56. The second kappa shape index (κ2) is 9.19. The zero-order chi connectivity index (χ0) is 20.1. The minimum Gasteiger partial charge on any atom is -0.462 e. The van der Waals surface area contributed by atoms with Gasteiger partial charge in [-0.1, -0.05) is 11.6 Å². The van der Waals surface area contributed by atoms with Gasteiger partial charge in [0, 0.05) is 24.6 Å². The average Bonchev–Trinajstić information content (AvgIpc) is 2.96. The molecule has 0 N–H and O–H groups in total. The maximum atomic E-state index is 12.2. The number of aliphatic imine (C=N–C) groups is 1. The Labute approximate surface area is 168 Å². The highest BCUT2D eigenvalue weighted by Gasteiger charge is 2.22. The number of aromatic nitrogens is 1. The van der Waals surface area contributed by atoms with Gasteiger partial charge in [0.2, 0.25) is 5.06 Å². The number of hydrogen-bond donors (Lipinski definition) is 0. The number of esters is 1. The minimum atomic E-state index is -0.454. The van der Waals surface area contributed by atoms with Crippen molar-refractivity contribution in [1.82, 2.24) is 9.27 Å². The molecule has 2 aromatic rings. The molecule has 6 nitrogen and oxygen atoms in total. The van der Waals surface area contributed by atoms with Crippen LogP contribution in [0.5, 0.6) is 10.8 Å². The van der Waals surface area contributed by atoms with Crippen LogP contribution in [0.15, 0.2) is 17.1 Å². The Kier molecular flexibility index (Phi) is 7.21. The zero-order valence-corrected chi connectivity index (χ0v) is 17.9. The number of aryl methyl sites for hydroxylation is 2. The van der Waals surface area contributed by atoms with Gasteiger partial charge in [-0.05, 0) is 52.3 Å². The Balaban J connectivity index is 2.29. The van der Waals surface area contributed by atoms with Gasteiger partial charge in [0.25, 0.3) is 0 Å². The SMILES string of the molecule is CCOC(=O)c1c(C)nsc1Oc1cc(C)c(N=CN(C)C(C)C)cc1Cl. The topological polar surface area (TPSA) is 64.0 Å². The van der Waals surface area contributed by atoms with Gasteiger partial charge >= 0.3 is 5.97 Å². The summed E-state index contributed by atoms with van der Waals surface area (Å²) in [4.78, 5) is 18.6. The standard InChI is InChI=1S/C19H24ClN3O3S/c1-7-25-18(24)17-13(5)22-27-19(17)26-16-8-12(4)15(9-14(16)20)21-10-23(6)11(2)3/h8-11H,7H2,1-6H3. The third-order valence-corrected chi connectivity index (χ3v) is 5.07. The maximum Gasteiger partial charge on any atom is 0.344 e. The Morgan fingerprint density at radius 3 is 2.74 bits per heavy atom. The number of hydrogen-bond acceptors (Lipinski definition) is 6. The van der Waals surface area contributed by atoms with Crippen LogP contribution < -0.4 is 4.74 Å². The Morgan fingerprint density at radius 2 is 2.11 bits per heavy atom. The van der Waals surface area contributed by atoms with E-state index in [0.29, 0.717) is 33.1 Å². The lowest BCUT2D eigenvalue weighted by Gasteiger charge is -2.17. The van der Waals surface area contributed by atoms with Crippen molar-refractivity contribution in [3.05, 3.63) is 34.0 Å². The van der Waals surface area contributed by atoms with Crippen molar-refractivity contribution in [1.29, 1.82) is 0 Å². The number of rotatable bonds is 7. The fourth-order valence-corrected chi connectivity index (χ4v) is 3.06. The quantitative estimate of drug-likeness (QED) is 0.349. The first kappa shape index (κ1) is 21.2. The number of benzene rings is 1. The molecule has 0 aliphatic carbocycles. The van der Waals surface area contributed by atoms with E-state index in [1.54, 1.807) is 32.3 Å². The molecule has 0 saturated heterocycles. The predicted molar refractivity (Wildman–Crippen MR) is 110 cm³/mol. The van der Waals surface area contributed by atoms with Crippen LogP contribution in [-0.4, -0.2) is 41.3 Å². The van der Waals surface area contributed by atoms with Crippen LogP contribution in [0.25, 0.3) is 0 Å². The summed E-state index contributed by atoms with van der Waals surface area (Å²) >= 11 is 7.48. The summed E-state index contributed by atoms with van der Waals surface area (Å²) in [5, 5.41) is 0.767. The van der Waals surface area contributed by atoms with E-state index in [2.05, 4.69) is 23.2 Å². The van der Waals surface area contributed by atoms with Crippen LogP contribution in [0, 0.1) is 13.8 Å². The summed E-state index contributed by atoms with van der Waals surface area (Å²) in [6, 6.07) is 3.89. The van der Waals surface area contributed by atoms with E-state index >= 15 is 0 Å². The zero-order valence-electron chi connectivity index (χ0n) is 16.4. The molecule has 0 saturated carbocycles. The molecule has 2 rings (SSSR count). The van der Waals surface area contributed by atoms with Crippen molar-refractivity contribution in [3.8, 4) is 10.8 Å². The van der Waals surface area contributed by atoms with Crippen molar-refractivity contribution in [2.45, 2.75) is 40.7 Å². The molecule has 1 heterocycles. The maximum absolute atomic E-state index is 12.2. The lowest BCUT2D eigenvalue weighted by Crippen LogP contribution is -2.24. The molecule has 0 atom stereocenters. The van der Waals surface area contributed by atoms with Gasteiger partial charge in [-0.25, -0.2) is 9.79 Å². The molecule has 0 radical (unpaired) electrons. The van der Waals surface area contributed by atoms with Crippen LogP contribution >= 0.6 is 23.1 Å². The fraction of sp³-hybridized carbons (Fsp3) is 0.421.